The normalized spacial score (nSPS) is 16.2. The highest BCUT2D eigenvalue weighted by Gasteiger charge is 2.27. The van der Waals surface area contributed by atoms with Crippen LogP contribution in [0, 0.1) is 0 Å². The van der Waals surface area contributed by atoms with Crippen LogP contribution in [0.25, 0.3) is 10.9 Å². The van der Waals surface area contributed by atoms with Gasteiger partial charge in [-0.1, -0.05) is 43.2 Å². The minimum Gasteiger partial charge on any atom is -0.396 e. The maximum atomic E-state index is 13.0. The molecule has 28 heavy (non-hydrogen) atoms. The second-order valence-corrected chi connectivity index (χ2v) is 8.75. The van der Waals surface area contributed by atoms with Crippen LogP contribution in [0.1, 0.15) is 45.4 Å². The van der Waals surface area contributed by atoms with E-state index in [1.807, 2.05) is 37.1 Å². The molecule has 1 unspecified atom stereocenters. The maximum absolute atomic E-state index is 13.0. The molecule has 1 aliphatic rings. The first kappa shape index (κ1) is 20.9. The number of nitrogens with zero attached hydrogens (tertiary/aromatic N) is 3. The third-order valence-corrected chi connectivity index (χ3v) is 6.54. The number of hydrogen-bond acceptors (Lipinski definition) is 5. The monoisotopic (exact) mass is 403 g/mol. The first-order valence-electron chi connectivity index (χ1n) is 10.1. The first-order chi connectivity index (χ1) is 13.5. The molecule has 1 aromatic heterocycles. The van der Waals surface area contributed by atoms with Gasteiger partial charge in [-0.05, 0) is 38.3 Å². The second kappa shape index (κ2) is 9.56. The molecule has 1 N–H and O–H groups in total. The van der Waals surface area contributed by atoms with Crippen LogP contribution < -0.4 is 5.56 Å². The average molecular weight is 404 g/mol. The predicted molar refractivity (Wildman–Crippen MR) is 113 cm³/mol. The van der Waals surface area contributed by atoms with E-state index in [9.17, 15) is 14.7 Å². The number of aliphatic hydroxyl groups excluding tert-OH is 1. The van der Waals surface area contributed by atoms with Crippen molar-refractivity contribution >= 4 is 28.6 Å². The summed E-state index contributed by atoms with van der Waals surface area (Å²) in [5, 5.41) is 9.97. The zero-order valence-electron chi connectivity index (χ0n) is 16.6. The lowest BCUT2D eigenvalue weighted by Gasteiger charge is -2.32. The summed E-state index contributed by atoms with van der Waals surface area (Å²) < 4.78 is 1.59. The minimum atomic E-state index is -0.333. The number of aromatic nitrogens is 2. The van der Waals surface area contributed by atoms with Gasteiger partial charge in [0.15, 0.2) is 5.16 Å². The molecule has 6 nitrogen and oxygen atoms in total. The van der Waals surface area contributed by atoms with Crippen molar-refractivity contribution in [1.82, 2.24) is 14.5 Å². The Kier molecular flexibility index (Phi) is 7.13. The number of para-hydroxylation sites is 1. The molecule has 152 valence electrons. The highest BCUT2D eigenvalue weighted by Crippen LogP contribution is 2.27. The molecule has 1 atom stereocenters. The first-order valence-corrected chi connectivity index (χ1v) is 10.9. The van der Waals surface area contributed by atoms with Crippen molar-refractivity contribution in [2.24, 2.45) is 0 Å². The summed E-state index contributed by atoms with van der Waals surface area (Å²) >= 11 is 1.33. The fourth-order valence-corrected chi connectivity index (χ4v) is 4.84. The fourth-order valence-electron chi connectivity index (χ4n) is 3.81. The largest absolute Gasteiger partial charge is 0.396 e. The molecule has 0 bridgehead atoms. The van der Waals surface area contributed by atoms with E-state index in [0.717, 1.165) is 12.8 Å². The van der Waals surface area contributed by atoms with Crippen LogP contribution in [0.5, 0.6) is 0 Å². The Hall–Kier alpha value is -1.86. The summed E-state index contributed by atoms with van der Waals surface area (Å²) in [5.41, 5.74) is 0.511. The number of carbonyl (C=O) groups is 1. The van der Waals surface area contributed by atoms with E-state index in [0.29, 0.717) is 35.1 Å². The zero-order valence-corrected chi connectivity index (χ0v) is 17.5. The number of rotatable bonds is 7. The SMILES string of the molecule is CC(Sc1nc2ccccc2c(=O)n1CCCO)C(=O)N(C)C1CCCCC1. The van der Waals surface area contributed by atoms with Gasteiger partial charge in [0.2, 0.25) is 5.91 Å². The van der Waals surface area contributed by atoms with E-state index in [4.69, 9.17) is 0 Å². The van der Waals surface area contributed by atoms with Gasteiger partial charge in [-0.15, -0.1) is 0 Å². The van der Waals surface area contributed by atoms with E-state index in [1.54, 1.807) is 10.6 Å². The number of benzene rings is 1. The summed E-state index contributed by atoms with van der Waals surface area (Å²) in [6.07, 6.45) is 6.20. The maximum Gasteiger partial charge on any atom is 0.262 e. The predicted octanol–water partition coefficient (Wildman–Crippen LogP) is 3.05. The van der Waals surface area contributed by atoms with Crippen LogP contribution in [0.15, 0.2) is 34.2 Å². The molecular weight excluding hydrogens is 374 g/mol. The van der Waals surface area contributed by atoms with Gasteiger partial charge in [0.05, 0.1) is 16.2 Å². The summed E-state index contributed by atoms with van der Waals surface area (Å²) in [5.74, 6) is 0.0769. The molecule has 0 radical (unpaired) electrons. The lowest BCUT2D eigenvalue weighted by molar-refractivity contribution is -0.131. The van der Waals surface area contributed by atoms with E-state index in [1.165, 1.54) is 31.0 Å². The van der Waals surface area contributed by atoms with Crippen molar-refractivity contribution in [2.45, 2.75) is 68.4 Å². The van der Waals surface area contributed by atoms with E-state index in [2.05, 4.69) is 4.98 Å². The van der Waals surface area contributed by atoms with E-state index in [-0.39, 0.29) is 23.3 Å². The number of hydrogen-bond donors (Lipinski definition) is 1. The molecule has 7 heteroatoms. The molecule has 1 aliphatic carbocycles. The van der Waals surface area contributed by atoms with Crippen molar-refractivity contribution in [3.05, 3.63) is 34.6 Å². The molecular formula is C21H29N3O3S. The summed E-state index contributed by atoms with van der Waals surface area (Å²) in [6, 6.07) is 7.56. The molecule has 3 rings (SSSR count). The van der Waals surface area contributed by atoms with Crippen LogP contribution in [0.2, 0.25) is 0 Å². The standard InChI is InChI=1S/C21H29N3O3S/c1-15(19(26)23(2)16-9-4-3-5-10-16)28-21-22-18-12-7-6-11-17(18)20(27)24(21)13-8-14-25/h6-7,11-12,15-16,25H,3-5,8-10,13-14H2,1-2H3. The minimum absolute atomic E-state index is 0.00226. The average Bonchev–Trinajstić information content (AvgIpc) is 2.73. The van der Waals surface area contributed by atoms with Gasteiger partial charge in [0, 0.05) is 26.2 Å². The lowest BCUT2D eigenvalue weighted by atomic mass is 9.94. The van der Waals surface area contributed by atoms with Gasteiger partial charge >= 0.3 is 0 Å². The Morgan fingerprint density at radius 1 is 1.32 bits per heavy atom. The molecule has 1 aromatic carbocycles. The van der Waals surface area contributed by atoms with Crippen LogP contribution in [-0.4, -0.2) is 50.4 Å². The molecule has 1 fully saturated rings. The van der Waals surface area contributed by atoms with Gasteiger partial charge in [0.25, 0.3) is 5.56 Å². The Morgan fingerprint density at radius 3 is 2.75 bits per heavy atom. The quantitative estimate of drug-likeness (QED) is 0.568. The van der Waals surface area contributed by atoms with Crippen molar-refractivity contribution in [3.8, 4) is 0 Å². The highest BCUT2D eigenvalue weighted by atomic mass is 32.2. The van der Waals surface area contributed by atoms with Crippen molar-refractivity contribution in [3.63, 3.8) is 0 Å². The highest BCUT2D eigenvalue weighted by molar-refractivity contribution is 8.00. The Balaban J connectivity index is 1.85. The number of thioether (sulfide) groups is 1. The molecule has 2 aromatic rings. The van der Waals surface area contributed by atoms with Crippen LogP contribution in [0.3, 0.4) is 0 Å². The third-order valence-electron chi connectivity index (χ3n) is 5.47. The summed E-state index contributed by atoms with van der Waals surface area (Å²) in [6.45, 7) is 2.27. The molecule has 1 amide bonds. The zero-order chi connectivity index (χ0) is 20.1. The third kappa shape index (κ3) is 4.58. The summed E-state index contributed by atoms with van der Waals surface area (Å²) in [4.78, 5) is 32.4. The number of aliphatic hydroxyl groups is 1. The number of amides is 1. The molecule has 0 aliphatic heterocycles. The van der Waals surface area contributed by atoms with Gasteiger partial charge in [-0.2, -0.15) is 0 Å². The molecule has 0 spiro atoms. The van der Waals surface area contributed by atoms with Crippen LogP contribution in [-0.2, 0) is 11.3 Å². The van der Waals surface area contributed by atoms with Gasteiger partial charge in [0.1, 0.15) is 0 Å². The fraction of sp³-hybridized carbons (Fsp3) is 0.571. The van der Waals surface area contributed by atoms with Crippen molar-refractivity contribution in [2.75, 3.05) is 13.7 Å². The van der Waals surface area contributed by atoms with Crippen LogP contribution in [0.4, 0.5) is 0 Å². The Morgan fingerprint density at radius 2 is 2.04 bits per heavy atom. The lowest BCUT2D eigenvalue weighted by Crippen LogP contribution is -2.42. The summed E-state index contributed by atoms with van der Waals surface area (Å²) in [7, 11) is 1.89. The number of fused-ring (bicyclic) bond motifs is 1. The van der Waals surface area contributed by atoms with Gasteiger partial charge in [-0.3, -0.25) is 14.2 Å². The van der Waals surface area contributed by atoms with Gasteiger partial charge < -0.3 is 10.0 Å². The van der Waals surface area contributed by atoms with Crippen molar-refractivity contribution in [1.29, 1.82) is 0 Å². The van der Waals surface area contributed by atoms with Crippen molar-refractivity contribution < 1.29 is 9.90 Å². The Labute approximate surface area is 170 Å². The number of carbonyl (C=O) groups excluding carboxylic acids is 1. The van der Waals surface area contributed by atoms with Crippen LogP contribution >= 0.6 is 11.8 Å². The molecule has 0 saturated heterocycles. The van der Waals surface area contributed by atoms with E-state index >= 15 is 0 Å². The topological polar surface area (TPSA) is 75.4 Å². The molecule has 1 heterocycles. The second-order valence-electron chi connectivity index (χ2n) is 7.45. The Bertz CT molecular complexity index is 877. The molecule has 1 saturated carbocycles. The van der Waals surface area contributed by atoms with E-state index < -0.39 is 0 Å². The van der Waals surface area contributed by atoms with Gasteiger partial charge in [-0.25, -0.2) is 4.98 Å². The smallest absolute Gasteiger partial charge is 0.262 e.